The molecule has 0 spiro atoms. The molecule has 1 heteroatoms. The van der Waals surface area contributed by atoms with Crippen LogP contribution in [0.3, 0.4) is 0 Å². The van der Waals surface area contributed by atoms with E-state index in [0.717, 1.165) is 24.7 Å². The lowest BCUT2D eigenvalue weighted by atomic mass is 9.65. The average Bonchev–Trinajstić information content (AvgIpc) is 2.43. The van der Waals surface area contributed by atoms with E-state index in [0.29, 0.717) is 5.92 Å². The summed E-state index contributed by atoms with van der Waals surface area (Å²) in [4.78, 5) is 0. The fourth-order valence-corrected chi connectivity index (χ4v) is 4.68. The lowest BCUT2D eigenvalue weighted by molar-refractivity contribution is -0.0751. The molecule has 0 bridgehead atoms. The molecule has 0 atom stereocenters. The minimum atomic E-state index is -0.290. The third kappa shape index (κ3) is 3.97. The highest BCUT2D eigenvalue weighted by atomic mass is 16.3. The molecule has 2 aliphatic rings. The minimum Gasteiger partial charge on any atom is -0.390 e. The summed E-state index contributed by atoms with van der Waals surface area (Å²) in [5.41, 5.74) is -0.290. The Morgan fingerprint density at radius 3 is 1.74 bits per heavy atom. The summed E-state index contributed by atoms with van der Waals surface area (Å²) in [7, 11) is 0. The molecule has 1 N–H and O–H groups in total. The van der Waals surface area contributed by atoms with E-state index < -0.39 is 0 Å². The zero-order valence-electron chi connectivity index (χ0n) is 13.2. The molecular formula is C18H34O. The molecule has 0 saturated heterocycles. The second-order valence-corrected chi connectivity index (χ2v) is 7.34. The largest absolute Gasteiger partial charge is 0.390 e. The Kier molecular flexibility index (Phi) is 5.74. The van der Waals surface area contributed by atoms with Gasteiger partial charge in [-0.1, -0.05) is 52.4 Å². The maximum atomic E-state index is 11.0. The number of hydrogen-bond donors (Lipinski definition) is 1. The van der Waals surface area contributed by atoms with Crippen molar-refractivity contribution >= 4 is 0 Å². The molecule has 1 nitrogen and oxygen atoms in total. The fraction of sp³-hybridized carbons (Fsp3) is 1.00. The second-order valence-electron chi connectivity index (χ2n) is 7.34. The molecule has 0 aromatic carbocycles. The first kappa shape index (κ1) is 15.4. The van der Waals surface area contributed by atoms with Crippen LogP contribution in [0.1, 0.15) is 90.9 Å². The van der Waals surface area contributed by atoms with E-state index in [4.69, 9.17) is 0 Å². The van der Waals surface area contributed by atoms with Gasteiger partial charge < -0.3 is 5.11 Å². The van der Waals surface area contributed by atoms with Gasteiger partial charge in [0.1, 0.15) is 0 Å². The smallest absolute Gasteiger partial charge is 0.0676 e. The minimum absolute atomic E-state index is 0.290. The molecule has 2 rings (SSSR count). The topological polar surface area (TPSA) is 20.2 Å². The molecule has 0 amide bonds. The molecule has 0 aromatic heterocycles. The van der Waals surface area contributed by atoms with Gasteiger partial charge in [-0.3, -0.25) is 0 Å². The molecule has 2 aliphatic carbocycles. The van der Waals surface area contributed by atoms with E-state index in [1.807, 2.05) is 0 Å². The van der Waals surface area contributed by atoms with E-state index >= 15 is 0 Å². The van der Waals surface area contributed by atoms with Gasteiger partial charge in [0.25, 0.3) is 0 Å². The van der Waals surface area contributed by atoms with E-state index in [1.165, 1.54) is 64.2 Å². The van der Waals surface area contributed by atoms with Crippen LogP contribution in [-0.2, 0) is 0 Å². The van der Waals surface area contributed by atoms with Crippen LogP contribution < -0.4 is 0 Å². The summed E-state index contributed by atoms with van der Waals surface area (Å²) < 4.78 is 0. The van der Waals surface area contributed by atoms with E-state index in [2.05, 4.69) is 13.8 Å². The van der Waals surface area contributed by atoms with Gasteiger partial charge >= 0.3 is 0 Å². The SMILES string of the molecule is CCCC1CCC(O)([C@H]2CC[C@H](CCC)CC2)CC1. The molecule has 0 heterocycles. The van der Waals surface area contributed by atoms with Crippen molar-refractivity contribution in [3.8, 4) is 0 Å². The van der Waals surface area contributed by atoms with Crippen molar-refractivity contribution in [1.82, 2.24) is 0 Å². The highest BCUT2D eigenvalue weighted by Gasteiger charge is 2.41. The third-order valence-electron chi connectivity index (χ3n) is 5.97. The molecule has 0 aliphatic heterocycles. The monoisotopic (exact) mass is 266 g/mol. The zero-order valence-corrected chi connectivity index (χ0v) is 13.2. The van der Waals surface area contributed by atoms with Crippen molar-refractivity contribution in [2.45, 2.75) is 96.5 Å². The summed E-state index contributed by atoms with van der Waals surface area (Å²) in [5.74, 6) is 2.48. The third-order valence-corrected chi connectivity index (χ3v) is 5.97. The lowest BCUT2D eigenvalue weighted by Gasteiger charge is -2.44. The molecule has 0 radical (unpaired) electrons. The van der Waals surface area contributed by atoms with Crippen molar-refractivity contribution < 1.29 is 5.11 Å². The molecule has 112 valence electrons. The van der Waals surface area contributed by atoms with Crippen molar-refractivity contribution in [3.63, 3.8) is 0 Å². The van der Waals surface area contributed by atoms with Gasteiger partial charge in [-0.2, -0.15) is 0 Å². The molecule has 0 aromatic rings. The molecule has 2 fully saturated rings. The maximum Gasteiger partial charge on any atom is 0.0676 e. The summed E-state index contributed by atoms with van der Waals surface area (Å²) in [5, 5.41) is 11.0. The number of rotatable bonds is 5. The predicted octanol–water partition coefficient (Wildman–Crippen LogP) is 5.31. The second kappa shape index (κ2) is 7.11. The number of aliphatic hydroxyl groups is 1. The summed E-state index contributed by atoms with van der Waals surface area (Å²) in [6.07, 6.45) is 15.5. The zero-order chi connectivity index (χ0) is 13.7. The van der Waals surface area contributed by atoms with Crippen LogP contribution in [0.5, 0.6) is 0 Å². The van der Waals surface area contributed by atoms with Gasteiger partial charge in [0, 0.05) is 0 Å². The van der Waals surface area contributed by atoms with Crippen molar-refractivity contribution in [1.29, 1.82) is 0 Å². The van der Waals surface area contributed by atoms with Crippen LogP contribution >= 0.6 is 0 Å². The first-order valence-electron chi connectivity index (χ1n) is 8.90. The van der Waals surface area contributed by atoms with Gasteiger partial charge in [-0.15, -0.1) is 0 Å². The fourth-order valence-electron chi connectivity index (χ4n) is 4.68. The van der Waals surface area contributed by atoms with Gasteiger partial charge in [-0.25, -0.2) is 0 Å². The van der Waals surface area contributed by atoms with Crippen LogP contribution in [0.15, 0.2) is 0 Å². The van der Waals surface area contributed by atoms with E-state index in [1.54, 1.807) is 0 Å². The van der Waals surface area contributed by atoms with Crippen molar-refractivity contribution in [2.75, 3.05) is 0 Å². The highest BCUT2D eigenvalue weighted by Crippen LogP contribution is 2.45. The van der Waals surface area contributed by atoms with Crippen LogP contribution in [0.4, 0.5) is 0 Å². The molecule has 19 heavy (non-hydrogen) atoms. The Labute approximate surface area is 120 Å². The molecular weight excluding hydrogens is 232 g/mol. The van der Waals surface area contributed by atoms with Gasteiger partial charge in [0.2, 0.25) is 0 Å². The maximum absolute atomic E-state index is 11.0. The Morgan fingerprint density at radius 1 is 0.789 bits per heavy atom. The van der Waals surface area contributed by atoms with E-state index in [-0.39, 0.29) is 5.60 Å². The van der Waals surface area contributed by atoms with Crippen molar-refractivity contribution in [2.24, 2.45) is 17.8 Å². The molecule has 0 unspecified atom stereocenters. The standard InChI is InChI=1S/C18H34O/c1-3-5-15-7-9-17(10-8-15)18(19)13-11-16(6-4-2)12-14-18/h15-17,19H,3-14H2,1-2H3/t15-,16?,17-,18?. The van der Waals surface area contributed by atoms with E-state index in [9.17, 15) is 5.11 Å². The number of hydrogen-bond acceptors (Lipinski definition) is 1. The lowest BCUT2D eigenvalue weighted by Crippen LogP contribution is -2.43. The van der Waals surface area contributed by atoms with Gasteiger partial charge in [-0.05, 0) is 56.3 Å². The quantitative estimate of drug-likeness (QED) is 0.714. The Hall–Kier alpha value is -0.0400. The summed E-state index contributed by atoms with van der Waals surface area (Å²) in [6, 6.07) is 0. The normalized spacial score (nSPS) is 40.3. The van der Waals surface area contributed by atoms with Crippen LogP contribution in [0, 0.1) is 17.8 Å². The van der Waals surface area contributed by atoms with Crippen molar-refractivity contribution in [3.05, 3.63) is 0 Å². The van der Waals surface area contributed by atoms with Crippen LogP contribution in [-0.4, -0.2) is 10.7 Å². The average molecular weight is 266 g/mol. The Morgan fingerprint density at radius 2 is 1.26 bits per heavy atom. The Bertz CT molecular complexity index is 244. The Balaban J connectivity index is 1.79. The van der Waals surface area contributed by atoms with Crippen LogP contribution in [0.25, 0.3) is 0 Å². The van der Waals surface area contributed by atoms with Gasteiger partial charge in [0.15, 0.2) is 0 Å². The van der Waals surface area contributed by atoms with Gasteiger partial charge in [0.05, 0.1) is 5.60 Å². The summed E-state index contributed by atoms with van der Waals surface area (Å²) >= 11 is 0. The first-order valence-corrected chi connectivity index (χ1v) is 8.90. The summed E-state index contributed by atoms with van der Waals surface area (Å²) in [6.45, 7) is 4.59. The first-order chi connectivity index (χ1) is 9.18. The molecule has 2 saturated carbocycles. The van der Waals surface area contributed by atoms with Crippen LogP contribution in [0.2, 0.25) is 0 Å². The predicted molar refractivity (Wildman–Crippen MR) is 82.2 cm³/mol. The highest BCUT2D eigenvalue weighted by molar-refractivity contribution is 4.93.